The summed E-state index contributed by atoms with van der Waals surface area (Å²) < 4.78 is 0. The zero-order valence-electron chi connectivity index (χ0n) is 21.8. The minimum Gasteiger partial charge on any atom is -0.508 e. The third-order valence-corrected chi connectivity index (χ3v) is 7.91. The molecule has 2 aliphatic heterocycles. The fourth-order valence-corrected chi connectivity index (χ4v) is 6.02. The Kier molecular flexibility index (Phi) is 7.60. The number of nitrogens with zero attached hydrogens (tertiary/aromatic N) is 3. The second-order valence-corrected chi connectivity index (χ2v) is 10.7. The first-order chi connectivity index (χ1) is 17.9. The molecule has 6 nitrogen and oxygen atoms in total. The number of rotatable bonds is 7. The molecule has 0 radical (unpaired) electrons. The molecule has 5 rings (SSSR count). The molecule has 3 atom stereocenters. The smallest absolute Gasteiger partial charge is 0.317 e. The van der Waals surface area contributed by atoms with Crippen molar-refractivity contribution < 1.29 is 15.0 Å². The molecular formula is C31H37N3O3. The van der Waals surface area contributed by atoms with Gasteiger partial charge in [-0.2, -0.15) is 0 Å². The van der Waals surface area contributed by atoms with E-state index in [4.69, 9.17) is 0 Å². The number of fused-ring (bicyclic) bond motifs is 1. The van der Waals surface area contributed by atoms with Crippen LogP contribution in [0.3, 0.4) is 0 Å². The molecule has 2 aliphatic rings. The number of aliphatic carboxylic acids is 1. The number of phenols is 1. The van der Waals surface area contributed by atoms with Crippen LogP contribution in [0, 0.1) is 0 Å². The Morgan fingerprint density at radius 1 is 0.919 bits per heavy atom. The van der Waals surface area contributed by atoms with E-state index in [1.165, 1.54) is 22.3 Å². The molecule has 37 heavy (non-hydrogen) atoms. The zero-order chi connectivity index (χ0) is 25.9. The number of piperazine rings is 1. The summed E-state index contributed by atoms with van der Waals surface area (Å²) in [5.41, 5.74) is 6.11. The maximum Gasteiger partial charge on any atom is 0.317 e. The third kappa shape index (κ3) is 5.87. The van der Waals surface area contributed by atoms with Crippen LogP contribution < -0.4 is 0 Å². The van der Waals surface area contributed by atoms with Crippen LogP contribution in [0.1, 0.15) is 47.7 Å². The summed E-state index contributed by atoms with van der Waals surface area (Å²) in [6, 6.07) is 25.7. The van der Waals surface area contributed by atoms with E-state index in [0.29, 0.717) is 18.6 Å². The summed E-state index contributed by atoms with van der Waals surface area (Å²) in [7, 11) is 0. The lowest BCUT2D eigenvalue weighted by Crippen LogP contribution is -2.56. The first kappa shape index (κ1) is 25.5. The molecular weight excluding hydrogens is 462 g/mol. The van der Waals surface area contributed by atoms with E-state index in [9.17, 15) is 15.0 Å². The first-order valence-electron chi connectivity index (χ1n) is 13.3. The number of phenolic OH excluding ortho intramolecular Hbond substituents is 1. The van der Waals surface area contributed by atoms with Crippen LogP contribution in [-0.2, 0) is 24.3 Å². The quantitative estimate of drug-likeness (QED) is 0.498. The van der Waals surface area contributed by atoms with Crippen molar-refractivity contribution in [2.45, 2.75) is 51.5 Å². The predicted molar refractivity (Wildman–Crippen MR) is 145 cm³/mol. The minimum absolute atomic E-state index is 0.00331. The van der Waals surface area contributed by atoms with Gasteiger partial charge in [-0.3, -0.25) is 19.5 Å². The van der Waals surface area contributed by atoms with Crippen molar-refractivity contribution in [3.05, 3.63) is 101 Å². The molecule has 194 valence electrons. The summed E-state index contributed by atoms with van der Waals surface area (Å²) in [6.45, 7) is 8.91. The van der Waals surface area contributed by atoms with Gasteiger partial charge in [0.15, 0.2) is 0 Å². The van der Waals surface area contributed by atoms with Gasteiger partial charge in [0.1, 0.15) is 5.75 Å². The average molecular weight is 500 g/mol. The van der Waals surface area contributed by atoms with Gasteiger partial charge in [0.05, 0.1) is 12.6 Å². The minimum atomic E-state index is -0.784. The summed E-state index contributed by atoms with van der Waals surface area (Å²) in [5.74, 6) is -0.509. The normalized spacial score (nSPS) is 21.9. The Balaban J connectivity index is 1.44. The molecule has 0 aromatic heterocycles. The largest absolute Gasteiger partial charge is 0.508 e. The van der Waals surface area contributed by atoms with Crippen molar-refractivity contribution in [2.24, 2.45) is 0 Å². The van der Waals surface area contributed by atoms with Gasteiger partial charge in [0.2, 0.25) is 0 Å². The van der Waals surface area contributed by atoms with Crippen LogP contribution in [0.5, 0.6) is 5.75 Å². The van der Waals surface area contributed by atoms with E-state index in [-0.39, 0.29) is 18.3 Å². The van der Waals surface area contributed by atoms with Gasteiger partial charge in [-0.25, -0.2) is 0 Å². The number of hydrogen-bond donors (Lipinski definition) is 2. The Morgan fingerprint density at radius 3 is 2.46 bits per heavy atom. The van der Waals surface area contributed by atoms with Gasteiger partial charge >= 0.3 is 5.97 Å². The van der Waals surface area contributed by atoms with Gasteiger partial charge in [0, 0.05) is 44.8 Å². The molecule has 0 aliphatic carbocycles. The average Bonchev–Trinajstić information content (AvgIpc) is 2.87. The lowest BCUT2D eigenvalue weighted by molar-refractivity contribution is -0.138. The SMILES string of the molecule is C[C@@H]1CN([C@@H](c2cccc(O)c2)c2ccc3c(c2)CN(CC(=O)O)CC3)[C@@H](C)CN1Cc1ccccc1. The lowest BCUT2D eigenvalue weighted by Gasteiger charge is -2.48. The third-order valence-electron chi connectivity index (χ3n) is 7.91. The molecule has 0 amide bonds. The number of carboxylic acid groups (broad SMARTS) is 1. The topological polar surface area (TPSA) is 67.2 Å². The highest BCUT2D eigenvalue weighted by atomic mass is 16.4. The van der Waals surface area contributed by atoms with Gasteiger partial charge in [-0.15, -0.1) is 0 Å². The summed E-state index contributed by atoms with van der Waals surface area (Å²) in [6.07, 6.45) is 0.866. The number of benzene rings is 3. The van der Waals surface area contributed by atoms with Crippen LogP contribution in [0.2, 0.25) is 0 Å². The molecule has 0 saturated carbocycles. The zero-order valence-corrected chi connectivity index (χ0v) is 21.8. The summed E-state index contributed by atoms with van der Waals surface area (Å²) in [4.78, 5) is 18.4. The Labute approximate surface area is 219 Å². The van der Waals surface area contributed by atoms with Crippen LogP contribution in [0.4, 0.5) is 0 Å². The van der Waals surface area contributed by atoms with E-state index < -0.39 is 5.97 Å². The number of hydrogen-bond acceptors (Lipinski definition) is 5. The highest BCUT2D eigenvalue weighted by molar-refractivity contribution is 5.69. The molecule has 3 aromatic carbocycles. The highest BCUT2D eigenvalue weighted by Crippen LogP contribution is 2.36. The predicted octanol–water partition coefficient (Wildman–Crippen LogP) is 4.52. The van der Waals surface area contributed by atoms with E-state index in [2.05, 4.69) is 78.2 Å². The lowest BCUT2D eigenvalue weighted by atomic mass is 9.89. The van der Waals surface area contributed by atoms with E-state index in [1.807, 2.05) is 17.0 Å². The van der Waals surface area contributed by atoms with E-state index in [1.54, 1.807) is 6.07 Å². The van der Waals surface area contributed by atoms with Crippen molar-refractivity contribution in [2.75, 3.05) is 26.2 Å². The maximum absolute atomic E-state index is 11.3. The summed E-state index contributed by atoms with van der Waals surface area (Å²) >= 11 is 0. The molecule has 0 unspecified atom stereocenters. The molecule has 0 spiro atoms. The second-order valence-electron chi connectivity index (χ2n) is 10.7. The monoisotopic (exact) mass is 499 g/mol. The van der Waals surface area contributed by atoms with Crippen molar-refractivity contribution >= 4 is 5.97 Å². The summed E-state index contributed by atoms with van der Waals surface area (Å²) in [5, 5.41) is 19.6. The van der Waals surface area contributed by atoms with Crippen molar-refractivity contribution in [3.63, 3.8) is 0 Å². The molecule has 2 N–H and O–H groups in total. The van der Waals surface area contributed by atoms with E-state index >= 15 is 0 Å². The fraction of sp³-hybridized carbons (Fsp3) is 0.387. The number of aromatic hydroxyl groups is 1. The van der Waals surface area contributed by atoms with Crippen LogP contribution >= 0.6 is 0 Å². The molecule has 2 heterocycles. The standard InChI is InChI=1S/C31H37N3O3/c1-22-18-34(23(2)17-33(22)19-24-7-4-3-5-8-24)31(26-9-6-10-29(35)16-26)27-12-11-25-13-14-32(21-30(36)37)20-28(25)15-27/h3-12,15-16,22-23,31,35H,13-14,17-21H2,1-2H3,(H,36,37)/t22-,23+,31+/m1/s1. The number of carboxylic acids is 1. The molecule has 0 bridgehead atoms. The second kappa shape index (κ2) is 11.1. The Bertz CT molecular complexity index is 1230. The van der Waals surface area contributed by atoms with Crippen molar-refractivity contribution in [3.8, 4) is 5.75 Å². The van der Waals surface area contributed by atoms with Crippen LogP contribution in [0.15, 0.2) is 72.8 Å². The molecule has 3 aromatic rings. The highest BCUT2D eigenvalue weighted by Gasteiger charge is 2.35. The van der Waals surface area contributed by atoms with Gasteiger partial charge < -0.3 is 10.2 Å². The van der Waals surface area contributed by atoms with Gasteiger partial charge in [-0.1, -0.05) is 60.7 Å². The fourth-order valence-electron chi connectivity index (χ4n) is 6.02. The van der Waals surface area contributed by atoms with Crippen molar-refractivity contribution in [1.82, 2.24) is 14.7 Å². The first-order valence-corrected chi connectivity index (χ1v) is 13.3. The number of carbonyl (C=O) groups is 1. The van der Waals surface area contributed by atoms with Gasteiger partial charge in [-0.05, 0) is 60.2 Å². The Morgan fingerprint density at radius 2 is 1.70 bits per heavy atom. The molecule has 6 heteroatoms. The molecule has 1 saturated heterocycles. The maximum atomic E-state index is 11.3. The Hall–Kier alpha value is -3.19. The van der Waals surface area contributed by atoms with Gasteiger partial charge in [0.25, 0.3) is 0 Å². The van der Waals surface area contributed by atoms with Crippen LogP contribution in [-0.4, -0.2) is 69.1 Å². The van der Waals surface area contributed by atoms with Crippen molar-refractivity contribution in [1.29, 1.82) is 0 Å². The van der Waals surface area contributed by atoms with Crippen LogP contribution in [0.25, 0.3) is 0 Å². The molecule has 1 fully saturated rings. The van der Waals surface area contributed by atoms with E-state index in [0.717, 1.165) is 38.2 Å².